The lowest BCUT2D eigenvalue weighted by atomic mass is 10.2. The van der Waals surface area contributed by atoms with Crippen molar-refractivity contribution in [3.8, 4) is 10.7 Å². The van der Waals surface area contributed by atoms with Gasteiger partial charge in [-0.15, -0.1) is 11.3 Å². The largest absolute Gasteiger partial charge is 0.324 e. The Balaban J connectivity index is 2.22. The standard InChI is InChI=1S/C12H9N3O3S2/c1-5-6(2)19-12-9(5)11(16)13-10(14-12)7-3-4-8(20-7)15(17)18/h3-4H,1-2H3,(H,13,14,16). The summed E-state index contributed by atoms with van der Waals surface area (Å²) in [5.41, 5.74) is 0.727. The second-order valence-electron chi connectivity index (χ2n) is 4.27. The van der Waals surface area contributed by atoms with E-state index in [2.05, 4.69) is 9.97 Å². The fraction of sp³-hybridized carbons (Fsp3) is 0.167. The van der Waals surface area contributed by atoms with Crippen LogP contribution in [0.3, 0.4) is 0 Å². The highest BCUT2D eigenvalue weighted by atomic mass is 32.1. The van der Waals surface area contributed by atoms with E-state index in [1.807, 2.05) is 13.8 Å². The highest BCUT2D eigenvalue weighted by Gasteiger charge is 2.16. The molecule has 0 saturated carbocycles. The van der Waals surface area contributed by atoms with Crippen LogP contribution in [0.4, 0.5) is 5.00 Å². The van der Waals surface area contributed by atoms with Crippen molar-refractivity contribution in [1.82, 2.24) is 9.97 Å². The summed E-state index contributed by atoms with van der Waals surface area (Å²) in [5.74, 6) is 0.377. The van der Waals surface area contributed by atoms with Gasteiger partial charge in [0, 0.05) is 10.9 Å². The number of hydrogen-bond acceptors (Lipinski definition) is 6. The molecular weight excluding hydrogens is 298 g/mol. The Morgan fingerprint density at radius 1 is 1.30 bits per heavy atom. The lowest BCUT2D eigenvalue weighted by Crippen LogP contribution is -2.08. The molecule has 0 amide bonds. The summed E-state index contributed by atoms with van der Waals surface area (Å²) in [5, 5.41) is 11.3. The first-order chi connectivity index (χ1) is 9.47. The smallest absolute Gasteiger partial charge is 0.305 e. The van der Waals surface area contributed by atoms with Gasteiger partial charge in [0.15, 0.2) is 5.82 Å². The number of aryl methyl sites for hydroxylation is 2. The van der Waals surface area contributed by atoms with Crippen molar-refractivity contribution >= 4 is 37.9 Å². The van der Waals surface area contributed by atoms with Gasteiger partial charge in [-0.3, -0.25) is 14.9 Å². The third kappa shape index (κ3) is 1.93. The number of aromatic nitrogens is 2. The van der Waals surface area contributed by atoms with Crippen molar-refractivity contribution in [1.29, 1.82) is 0 Å². The third-order valence-corrected chi connectivity index (χ3v) is 5.19. The zero-order valence-corrected chi connectivity index (χ0v) is 12.2. The maximum absolute atomic E-state index is 12.1. The Morgan fingerprint density at radius 2 is 2.05 bits per heavy atom. The Kier molecular flexibility index (Phi) is 2.91. The molecule has 3 aromatic rings. The van der Waals surface area contributed by atoms with Crippen molar-refractivity contribution in [3.63, 3.8) is 0 Å². The van der Waals surface area contributed by atoms with Gasteiger partial charge >= 0.3 is 5.00 Å². The lowest BCUT2D eigenvalue weighted by molar-refractivity contribution is -0.380. The molecule has 8 heteroatoms. The molecule has 0 saturated heterocycles. The first-order valence-corrected chi connectivity index (χ1v) is 7.35. The van der Waals surface area contributed by atoms with Crippen molar-refractivity contribution in [2.24, 2.45) is 0 Å². The van der Waals surface area contributed by atoms with Gasteiger partial charge in [0.2, 0.25) is 0 Å². The van der Waals surface area contributed by atoms with Crippen LogP contribution in [0, 0.1) is 24.0 Å². The molecule has 0 fully saturated rings. The van der Waals surface area contributed by atoms with Gasteiger partial charge in [-0.05, 0) is 25.5 Å². The summed E-state index contributed by atoms with van der Waals surface area (Å²) < 4.78 is 0. The number of nitro groups is 1. The molecule has 0 bridgehead atoms. The Morgan fingerprint density at radius 3 is 2.70 bits per heavy atom. The van der Waals surface area contributed by atoms with Gasteiger partial charge in [0.05, 0.1) is 15.2 Å². The molecule has 0 aromatic carbocycles. The number of fused-ring (bicyclic) bond motifs is 1. The van der Waals surface area contributed by atoms with Crippen molar-refractivity contribution in [3.05, 3.63) is 43.0 Å². The third-order valence-electron chi connectivity index (χ3n) is 3.04. The summed E-state index contributed by atoms with van der Waals surface area (Å²) in [6, 6.07) is 3.01. The van der Waals surface area contributed by atoms with E-state index in [0.717, 1.165) is 21.8 Å². The molecule has 0 aliphatic heterocycles. The molecule has 3 heterocycles. The molecule has 0 aliphatic carbocycles. The van der Waals surface area contributed by atoms with Crippen molar-refractivity contribution in [2.75, 3.05) is 0 Å². The molecule has 0 atom stereocenters. The number of hydrogen-bond donors (Lipinski definition) is 1. The summed E-state index contributed by atoms with van der Waals surface area (Å²) >= 11 is 2.45. The number of thiophene rings is 2. The van der Waals surface area contributed by atoms with Gasteiger partial charge in [-0.25, -0.2) is 4.98 Å². The summed E-state index contributed by atoms with van der Waals surface area (Å²) in [6.45, 7) is 3.83. The van der Waals surface area contributed by atoms with Crippen LogP contribution in [0.1, 0.15) is 10.4 Å². The number of H-pyrrole nitrogens is 1. The molecule has 3 rings (SSSR count). The molecular formula is C12H9N3O3S2. The zero-order chi connectivity index (χ0) is 14.4. The van der Waals surface area contributed by atoms with E-state index < -0.39 is 4.92 Å². The molecule has 0 radical (unpaired) electrons. The molecule has 6 nitrogen and oxygen atoms in total. The van der Waals surface area contributed by atoms with E-state index in [9.17, 15) is 14.9 Å². The van der Waals surface area contributed by atoms with E-state index in [-0.39, 0.29) is 10.6 Å². The number of nitrogens with zero attached hydrogens (tertiary/aromatic N) is 2. The first-order valence-electron chi connectivity index (χ1n) is 5.72. The van der Waals surface area contributed by atoms with Crippen LogP contribution in [0.15, 0.2) is 16.9 Å². The van der Waals surface area contributed by atoms with E-state index in [1.54, 1.807) is 6.07 Å². The van der Waals surface area contributed by atoms with Crippen molar-refractivity contribution in [2.45, 2.75) is 13.8 Å². The molecule has 1 N–H and O–H groups in total. The van der Waals surface area contributed by atoms with Crippen LogP contribution < -0.4 is 5.56 Å². The van der Waals surface area contributed by atoms with E-state index >= 15 is 0 Å². The quantitative estimate of drug-likeness (QED) is 0.581. The van der Waals surface area contributed by atoms with Gasteiger partial charge in [-0.2, -0.15) is 0 Å². The number of rotatable bonds is 2. The molecule has 0 unspecified atom stereocenters. The minimum absolute atomic E-state index is 0.0290. The maximum Gasteiger partial charge on any atom is 0.324 e. The average molecular weight is 307 g/mol. The predicted molar refractivity (Wildman–Crippen MR) is 79.7 cm³/mol. The second-order valence-corrected chi connectivity index (χ2v) is 6.54. The molecule has 0 spiro atoms. The Hall–Kier alpha value is -2.06. The van der Waals surface area contributed by atoms with Crippen LogP contribution in [0.25, 0.3) is 20.9 Å². The monoisotopic (exact) mass is 307 g/mol. The summed E-state index contributed by atoms with van der Waals surface area (Å²) in [6.07, 6.45) is 0. The second kappa shape index (κ2) is 4.50. The van der Waals surface area contributed by atoms with Gasteiger partial charge in [0.25, 0.3) is 5.56 Å². The molecule has 20 heavy (non-hydrogen) atoms. The maximum atomic E-state index is 12.1. The normalized spacial score (nSPS) is 11.1. The molecule has 102 valence electrons. The average Bonchev–Trinajstić information content (AvgIpc) is 2.96. The SMILES string of the molecule is Cc1sc2nc(-c3ccc([N+](=O)[O-])s3)[nH]c(=O)c2c1C. The lowest BCUT2D eigenvalue weighted by Gasteiger charge is -1.97. The fourth-order valence-electron chi connectivity index (χ4n) is 1.92. The minimum Gasteiger partial charge on any atom is -0.305 e. The minimum atomic E-state index is -0.454. The Labute approximate surface area is 120 Å². The van der Waals surface area contributed by atoms with E-state index in [1.165, 1.54) is 17.4 Å². The number of nitrogens with one attached hydrogen (secondary N) is 1. The van der Waals surface area contributed by atoms with Gasteiger partial charge in [0.1, 0.15) is 4.83 Å². The first kappa shape index (κ1) is 12.9. The molecule has 3 aromatic heterocycles. The Bertz CT molecular complexity index is 891. The van der Waals surface area contributed by atoms with Crippen LogP contribution in [0.5, 0.6) is 0 Å². The predicted octanol–water partition coefficient (Wildman–Crippen LogP) is 3.24. The summed E-state index contributed by atoms with van der Waals surface area (Å²) in [7, 11) is 0. The van der Waals surface area contributed by atoms with Gasteiger partial charge in [-0.1, -0.05) is 11.3 Å². The number of aromatic amines is 1. The highest BCUT2D eigenvalue weighted by molar-refractivity contribution is 7.19. The van der Waals surface area contributed by atoms with Crippen molar-refractivity contribution < 1.29 is 4.92 Å². The zero-order valence-electron chi connectivity index (χ0n) is 10.6. The van der Waals surface area contributed by atoms with Gasteiger partial charge < -0.3 is 4.98 Å². The fourth-order valence-corrected chi connectivity index (χ4v) is 3.72. The van der Waals surface area contributed by atoms with Crippen LogP contribution in [-0.4, -0.2) is 14.9 Å². The van der Waals surface area contributed by atoms with E-state index in [4.69, 9.17) is 0 Å². The summed E-state index contributed by atoms with van der Waals surface area (Å²) in [4.78, 5) is 31.8. The van der Waals surface area contributed by atoms with E-state index in [0.29, 0.717) is 20.9 Å². The molecule has 0 aliphatic rings. The van der Waals surface area contributed by atoms with Crippen LogP contribution in [-0.2, 0) is 0 Å². The topological polar surface area (TPSA) is 88.9 Å². The highest BCUT2D eigenvalue weighted by Crippen LogP contribution is 2.32. The van der Waals surface area contributed by atoms with Crippen LogP contribution >= 0.6 is 22.7 Å². The van der Waals surface area contributed by atoms with Crippen LogP contribution in [0.2, 0.25) is 0 Å².